The molecule has 0 aromatic heterocycles. The topological polar surface area (TPSA) is 66.4 Å². The molecule has 0 saturated heterocycles. The molecule has 0 heterocycles. The van der Waals surface area contributed by atoms with Crippen LogP contribution in [0.4, 0.5) is 0 Å². The third-order valence-electron chi connectivity index (χ3n) is 0.989. The van der Waals surface area contributed by atoms with Gasteiger partial charge in [0.05, 0.1) is 7.11 Å². The van der Waals surface area contributed by atoms with Crippen molar-refractivity contribution in [2.24, 2.45) is 0 Å². The van der Waals surface area contributed by atoms with Crippen molar-refractivity contribution in [3.8, 4) is 0 Å². The SMILES string of the molecule is COC(=O)CCCC(=O)[O-].[Co+2]. The molecular formula is C6H9CoO4+. The fourth-order valence-electron chi connectivity index (χ4n) is 0.479. The van der Waals surface area contributed by atoms with Crippen LogP contribution in [0.15, 0.2) is 0 Å². The average Bonchev–Trinajstić information content (AvgIpc) is 1.87. The van der Waals surface area contributed by atoms with Crippen molar-refractivity contribution in [1.29, 1.82) is 0 Å². The molecular weight excluding hydrogens is 195 g/mol. The Morgan fingerprint density at radius 3 is 2.27 bits per heavy atom. The van der Waals surface area contributed by atoms with Gasteiger partial charge in [0.2, 0.25) is 0 Å². The first kappa shape index (κ1) is 13.1. The van der Waals surface area contributed by atoms with Crippen molar-refractivity contribution < 1.29 is 36.2 Å². The number of hydrogen-bond donors (Lipinski definition) is 0. The summed E-state index contributed by atoms with van der Waals surface area (Å²) in [6.45, 7) is 0. The van der Waals surface area contributed by atoms with Crippen molar-refractivity contribution in [1.82, 2.24) is 0 Å². The number of carboxylic acids is 1. The van der Waals surface area contributed by atoms with Crippen LogP contribution in [0, 0.1) is 0 Å². The van der Waals surface area contributed by atoms with Gasteiger partial charge >= 0.3 is 22.7 Å². The molecule has 65 valence electrons. The van der Waals surface area contributed by atoms with Gasteiger partial charge in [-0.1, -0.05) is 0 Å². The van der Waals surface area contributed by atoms with Gasteiger partial charge in [0.15, 0.2) is 0 Å². The van der Waals surface area contributed by atoms with E-state index in [4.69, 9.17) is 0 Å². The van der Waals surface area contributed by atoms with E-state index in [1.54, 1.807) is 0 Å². The zero-order chi connectivity index (χ0) is 7.98. The molecule has 0 rings (SSSR count). The molecule has 0 unspecified atom stereocenters. The summed E-state index contributed by atoms with van der Waals surface area (Å²) in [5.41, 5.74) is 0. The minimum atomic E-state index is -1.14. The van der Waals surface area contributed by atoms with Crippen LogP contribution in [0.3, 0.4) is 0 Å². The first-order valence-corrected chi connectivity index (χ1v) is 2.93. The molecule has 0 aliphatic carbocycles. The first-order valence-electron chi connectivity index (χ1n) is 2.93. The Labute approximate surface area is 75.1 Å². The summed E-state index contributed by atoms with van der Waals surface area (Å²) in [5.74, 6) is -1.52. The smallest absolute Gasteiger partial charge is 0.550 e. The van der Waals surface area contributed by atoms with Gasteiger partial charge in [-0.25, -0.2) is 0 Å². The number of ether oxygens (including phenoxy) is 1. The number of aliphatic carboxylic acids is 1. The summed E-state index contributed by atoms with van der Waals surface area (Å²) in [5, 5.41) is 9.81. The number of carbonyl (C=O) groups is 2. The monoisotopic (exact) mass is 204 g/mol. The Bertz CT molecular complexity index is 135. The summed E-state index contributed by atoms with van der Waals surface area (Å²) in [4.78, 5) is 20.2. The van der Waals surface area contributed by atoms with Crippen molar-refractivity contribution in [3.63, 3.8) is 0 Å². The molecule has 1 radical (unpaired) electrons. The van der Waals surface area contributed by atoms with Crippen molar-refractivity contribution in [3.05, 3.63) is 0 Å². The quantitative estimate of drug-likeness (QED) is 0.555. The third kappa shape index (κ3) is 9.45. The van der Waals surface area contributed by atoms with E-state index < -0.39 is 5.97 Å². The van der Waals surface area contributed by atoms with Gasteiger partial charge < -0.3 is 14.6 Å². The Kier molecular flexibility index (Phi) is 8.97. The van der Waals surface area contributed by atoms with Gasteiger partial charge in [-0.2, -0.15) is 0 Å². The molecule has 0 aromatic carbocycles. The summed E-state index contributed by atoms with van der Waals surface area (Å²) in [6.07, 6.45) is 0.342. The van der Waals surface area contributed by atoms with Crippen molar-refractivity contribution in [2.45, 2.75) is 19.3 Å². The molecule has 11 heavy (non-hydrogen) atoms. The molecule has 0 atom stereocenters. The summed E-state index contributed by atoms with van der Waals surface area (Å²) >= 11 is 0. The van der Waals surface area contributed by atoms with E-state index in [-0.39, 0.29) is 42.0 Å². The third-order valence-corrected chi connectivity index (χ3v) is 0.989. The second kappa shape index (κ2) is 7.55. The average molecular weight is 204 g/mol. The molecule has 4 nitrogen and oxygen atoms in total. The summed E-state index contributed by atoms with van der Waals surface area (Å²) in [6, 6.07) is 0. The summed E-state index contributed by atoms with van der Waals surface area (Å²) in [7, 11) is 1.27. The van der Waals surface area contributed by atoms with Crippen LogP contribution < -0.4 is 5.11 Å². The number of carbonyl (C=O) groups excluding carboxylic acids is 2. The predicted octanol–water partition coefficient (Wildman–Crippen LogP) is -0.923. The van der Waals surface area contributed by atoms with E-state index in [2.05, 4.69) is 4.74 Å². The molecule has 0 saturated carbocycles. The van der Waals surface area contributed by atoms with Gasteiger partial charge in [-0.05, 0) is 12.8 Å². The Morgan fingerprint density at radius 1 is 1.36 bits per heavy atom. The number of carboxylic acid groups (broad SMARTS) is 1. The molecule has 0 amide bonds. The van der Waals surface area contributed by atoms with E-state index in [1.165, 1.54) is 7.11 Å². The minimum Gasteiger partial charge on any atom is -0.550 e. The maximum absolute atomic E-state index is 10.4. The van der Waals surface area contributed by atoms with E-state index in [0.29, 0.717) is 0 Å². The van der Waals surface area contributed by atoms with Gasteiger partial charge in [0.25, 0.3) is 0 Å². The number of esters is 1. The molecule has 0 aliphatic rings. The molecule has 0 bridgehead atoms. The van der Waals surface area contributed by atoms with E-state index in [0.717, 1.165) is 0 Å². The van der Waals surface area contributed by atoms with Crippen LogP contribution in [0.1, 0.15) is 19.3 Å². The fourth-order valence-corrected chi connectivity index (χ4v) is 0.479. The standard InChI is InChI=1S/C6H10O4.Co/c1-10-6(9)4-2-3-5(7)8;/h2-4H2,1H3,(H,7,8);/q;+2/p-1. The first-order chi connectivity index (χ1) is 4.66. The number of rotatable bonds is 4. The maximum atomic E-state index is 10.4. The minimum absolute atomic E-state index is 0. The van der Waals surface area contributed by atoms with Crippen LogP contribution in [-0.4, -0.2) is 19.0 Å². The van der Waals surface area contributed by atoms with Crippen molar-refractivity contribution >= 4 is 11.9 Å². The Balaban J connectivity index is 0. The van der Waals surface area contributed by atoms with Crippen LogP contribution in [0.25, 0.3) is 0 Å². The Morgan fingerprint density at radius 2 is 1.91 bits per heavy atom. The van der Waals surface area contributed by atoms with Crippen LogP contribution in [0.2, 0.25) is 0 Å². The molecule has 0 aromatic rings. The zero-order valence-electron chi connectivity index (χ0n) is 6.09. The Hall–Kier alpha value is -0.554. The largest absolute Gasteiger partial charge is 2.00 e. The van der Waals surface area contributed by atoms with Crippen LogP contribution >= 0.6 is 0 Å². The molecule has 0 N–H and O–H groups in total. The number of hydrogen-bond acceptors (Lipinski definition) is 4. The van der Waals surface area contributed by atoms with Gasteiger partial charge in [0.1, 0.15) is 0 Å². The van der Waals surface area contributed by atoms with Gasteiger partial charge in [-0.15, -0.1) is 0 Å². The zero-order valence-corrected chi connectivity index (χ0v) is 7.13. The van der Waals surface area contributed by atoms with Gasteiger partial charge in [0, 0.05) is 12.4 Å². The fraction of sp³-hybridized carbons (Fsp3) is 0.667. The maximum Gasteiger partial charge on any atom is 2.00 e. The van der Waals surface area contributed by atoms with Crippen molar-refractivity contribution in [2.75, 3.05) is 7.11 Å². The molecule has 5 heteroatoms. The second-order valence-electron chi connectivity index (χ2n) is 1.80. The van der Waals surface area contributed by atoms with Crippen LogP contribution in [0.5, 0.6) is 0 Å². The second-order valence-corrected chi connectivity index (χ2v) is 1.80. The normalized spacial score (nSPS) is 8.09. The molecule has 0 aliphatic heterocycles. The molecule has 0 fully saturated rings. The van der Waals surface area contributed by atoms with Crippen LogP contribution in [-0.2, 0) is 31.1 Å². The molecule has 0 spiro atoms. The number of methoxy groups -OCH3 is 1. The van der Waals surface area contributed by atoms with E-state index in [9.17, 15) is 14.7 Å². The summed E-state index contributed by atoms with van der Waals surface area (Å²) < 4.78 is 4.28. The van der Waals surface area contributed by atoms with Gasteiger partial charge in [-0.3, -0.25) is 4.79 Å². The van der Waals surface area contributed by atoms with E-state index >= 15 is 0 Å². The van der Waals surface area contributed by atoms with E-state index in [1.807, 2.05) is 0 Å². The predicted molar refractivity (Wildman–Crippen MR) is 30.9 cm³/mol.